The Labute approximate surface area is 104 Å². The number of allylic oxidation sites excluding steroid dienone is 2. The zero-order valence-electron chi connectivity index (χ0n) is 10.7. The predicted octanol–water partition coefficient (Wildman–Crippen LogP) is 2.49. The van der Waals surface area contributed by atoms with E-state index in [-0.39, 0.29) is 5.91 Å². The molecule has 1 amide bonds. The van der Waals surface area contributed by atoms with Gasteiger partial charge in [-0.25, -0.2) is 0 Å². The number of amides is 1. The van der Waals surface area contributed by atoms with Crippen LogP contribution in [-0.2, 0) is 4.79 Å². The van der Waals surface area contributed by atoms with Gasteiger partial charge in [-0.05, 0) is 38.0 Å². The Bertz CT molecular complexity index is 289. The van der Waals surface area contributed by atoms with E-state index in [2.05, 4.69) is 5.32 Å². The van der Waals surface area contributed by atoms with Crippen LogP contribution in [0.3, 0.4) is 0 Å². The molecule has 0 heterocycles. The van der Waals surface area contributed by atoms with Crippen molar-refractivity contribution in [1.82, 2.24) is 5.32 Å². The molecule has 0 aromatic rings. The van der Waals surface area contributed by atoms with Crippen LogP contribution in [0, 0.1) is 5.92 Å². The summed E-state index contributed by atoms with van der Waals surface area (Å²) in [5.41, 5.74) is 6.35. The van der Waals surface area contributed by atoms with Gasteiger partial charge in [-0.2, -0.15) is 0 Å². The molecule has 0 aliphatic heterocycles. The van der Waals surface area contributed by atoms with Crippen molar-refractivity contribution in [1.29, 1.82) is 0 Å². The van der Waals surface area contributed by atoms with E-state index in [1.807, 2.05) is 19.1 Å². The number of carbonyl (C=O) groups excluding carboxylic acids is 1. The minimum Gasteiger partial charge on any atom is -0.405 e. The summed E-state index contributed by atoms with van der Waals surface area (Å²) in [6.45, 7) is 2.57. The van der Waals surface area contributed by atoms with Crippen molar-refractivity contribution in [3.63, 3.8) is 0 Å². The molecular weight excluding hydrogens is 212 g/mol. The second-order valence-corrected chi connectivity index (χ2v) is 4.82. The average molecular weight is 236 g/mol. The summed E-state index contributed by atoms with van der Waals surface area (Å²) in [5.74, 6) is 0.787. The van der Waals surface area contributed by atoms with Crippen LogP contribution in [0.1, 0.15) is 45.4 Å². The van der Waals surface area contributed by atoms with Crippen LogP contribution in [-0.4, -0.2) is 12.5 Å². The molecule has 0 radical (unpaired) electrons. The highest BCUT2D eigenvalue weighted by Gasteiger charge is 2.16. The highest BCUT2D eigenvalue weighted by Crippen LogP contribution is 2.25. The molecule has 1 fully saturated rings. The first kappa shape index (κ1) is 13.8. The second-order valence-electron chi connectivity index (χ2n) is 4.82. The van der Waals surface area contributed by atoms with Gasteiger partial charge in [0.25, 0.3) is 0 Å². The standard InChI is InChI=1S/C14H24N2O/c1-12(7-9-15)8-10-16-14(17)11-13-5-3-2-4-6-13/h7-9,13H,2-6,10-11,15H2,1H3,(H,16,17)/b9-7-,12-8-. The Morgan fingerprint density at radius 3 is 2.71 bits per heavy atom. The van der Waals surface area contributed by atoms with Crippen LogP contribution >= 0.6 is 0 Å². The van der Waals surface area contributed by atoms with Crippen molar-refractivity contribution in [2.45, 2.75) is 45.4 Å². The van der Waals surface area contributed by atoms with Crippen LogP contribution < -0.4 is 11.1 Å². The molecule has 0 bridgehead atoms. The van der Waals surface area contributed by atoms with E-state index in [1.165, 1.54) is 38.3 Å². The van der Waals surface area contributed by atoms with Gasteiger partial charge in [-0.15, -0.1) is 0 Å². The van der Waals surface area contributed by atoms with Crippen molar-refractivity contribution in [2.75, 3.05) is 6.54 Å². The molecule has 0 spiro atoms. The third-order valence-corrected chi connectivity index (χ3v) is 3.28. The van der Waals surface area contributed by atoms with E-state index in [9.17, 15) is 4.79 Å². The van der Waals surface area contributed by atoms with E-state index in [0.29, 0.717) is 18.9 Å². The molecule has 0 unspecified atom stereocenters. The Balaban J connectivity index is 2.18. The summed E-state index contributed by atoms with van der Waals surface area (Å²) in [6, 6.07) is 0. The normalized spacial score (nSPS) is 18.5. The summed E-state index contributed by atoms with van der Waals surface area (Å²) in [5, 5.41) is 2.93. The zero-order valence-corrected chi connectivity index (χ0v) is 10.7. The monoisotopic (exact) mass is 236 g/mol. The maximum Gasteiger partial charge on any atom is 0.220 e. The summed E-state index contributed by atoms with van der Waals surface area (Å²) in [7, 11) is 0. The molecule has 96 valence electrons. The van der Waals surface area contributed by atoms with E-state index in [4.69, 9.17) is 5.73 Å². The van der Waals surface area contributed by atoms with Crippen molar-refractivity contribution in [3.05, 3.63) is 23.9 Å². The second kappa shape index (κ2) is 7.93. The molecule has 17 heavy (non-hydrogen) atoms. The molecular formula is C14H24N2O. The van der Waals surface area contributed by atoms with Crippen LogP contribution in [0.4, 0.5) is 0 Å². The third kappa shape index (κ3) is 6.15. The minimum atomic E-state index is 0.178. The smallest absolute Gasteiger partial charge is 0.220 e. The molecule has 1 aliphatic carbocycles. The minimum absolute atomic E-state index is 0.178. The molecule has 0 atom stereocenters. The Kier molecular flexibility index (Phi) is 6.45. The largest absolute Gasteiger partial charge is 0.405 e. The van der Waals surface area contributed by atoms with Crippen molar-refractivity contribution < 1.29 is 4.79 Å². The third-order valence-electron chi connectivity index (χ3n) is 3.28. The number of nitrogens with one attached hydrogen (secondary N) is 1. The summed E-state index contributed by atoms with van der Waals surface area (Å²) in [4.78, 5) is 11.7. The molecule has 0 aromatic carbocycles. The van der Waals surface area contributed by atoms with Crippen LogP contribution in [0.15, 0.2) is 23.9 Å². The predicted molar refractivity (Wildman–Crippen MR) is 71.3 cm³/mol. The van der Waals surface area contributed by atoms with E-state index >= 15 is 0 Å². The fourth-order valence-electron chi connectivity index (χ4n) is 2.27. The number of carbonyl (C=O) groups is 1. The van der Waals surface area contributed by atoms with Crippen LogP contribution in [0.5, 0.6) is 0 Å². The maximum absolute atomic E-state index is 11.7. The van der Waals surface area contributed by atoms with E-state index < -0.39 is 0 Å². The van der Waals surface area contributed by atoms with Gasteiger partial charge in [-0.1, -0.05) is 30.9 Å². The average Bonchev–Trinajstić information content (AvgIpc) is 2.30. The Morgan fingerprint density at radius 2 is 2.06 bits per heavy atom. The van der Waals surface area contributed by atoms with Crippen LogP contribution in [0.2, 0.25) is 0 Å². The molecule has 1 aliphatic rings. The first-order chi connectivity index (χ1) is 8.22. The molecule has 0 aromatic heterocycles. The Morgan fingerprint density at radius 1 is 1.35 bits per heavy atom. The number of nitrogens with two attached hydrogens (primary N) is 1. The molecule has 0 saturated heterocycles. The lowest BCUT2D eigenvalue weighted by molar-refractivity contribution is -0.122. The quantitative estimate of drug-likeness (QED) is 0.721. The van der Waals surface area contributed by atoms with Gasteiger partial charge < -0.3 is 11.1 Å². The highest BCUT2D eigenvalue weighted by atomic mass is 16.1. The van der Waals surface area contributed by atoms with Gasteiger partial charge in [-0.3, -0.25) is 4.79 Å². The van der Waals surface area contributed by atoms with Crippen molar-refractivity contribution in [2.24, 2.45) is 11.7 Å². The van der Waals surface area contributed by atoms with Crippen LogP contribution in [0.25, 0.3) is 0 Å². The fourth-order valence-corrected chi connectivity index (χ4v) is 2.27. The van der Waals surface area contributed by atoms with Gasteiger partial charge in [0.15, 0.2) is 0 Å². The van der Waals surface area contributed by atoms with Gasteiger partial charge >= 0.3 is 0 Å². The number of hydrogen-bond acceptors (Lipinski definition) is 2. The zero-order chi connectivity index (χ0) is 12.5. The van der Waals surface area contributed by atoms with Crippen molar-refractivity contribution in [3.8, 4) is 0 Å². The topological polar surface area (TPSA) is 55.1 Å². The van der Waals surface area contributed by atoms with Crippen molar-refractivity contribution >= 4 is 5.91 Å². The summed E-state index contributed by atoms with van der Waals surface area (Å²) < 4.78 is 0. The molecule has 1 rings (SSSR count). The lowest BCUT2D eigenvalue weighted by atomic mass is 9.87. The number of hydrogen-bond donors (Lipinski definition) is 2. The number of rotatable bonds is 5. The first-order valence-corrected chi connectivity index (χ1v) is 6.54. The lowest BCUT2D eigenvalue weighted by Crippen LogP contribution is -2.26. The molecule has 3 nitrogen and oxygen atoms in total. The molecule has 1 saturated carbocycles. The van der Waals surface area contributed by atoms with Gasteiger partial charge in [0.05, 0.1) is 0 Å². The maximum atomic E-state index is 11.7. The van der Waals surface area contributed by atoms with Gasteiger partial charge in [0, 0.05) is 13.0 Å². The Hall–Kier alpha value is -1.25. The molecule has 3 N–H and O–H groups in total. The fraction of sp³-hybridized carbons (Fsp3) is 0.643. The highest BCUT2D eigenvalue weighted by molar-refractivity contribution is 5.76. The summed E-state index contributed by atoms with van der Waals surface area (Å²) >= 11 is 0. The van der Waals surface area contributed by atoms with E-state index in [1.54, 1.807) is 0 Å². The first-order valence-electron chi connectivity index (χ1n) is 6.54. The SMILES string of the molecule is CC(/C=C\N)=C/CNC(=O)CC1CCCCC1. The van der Waals surface area contributed by atoms with Gasteiger partial charge in [0.2, 0.25) is 5.91 Å². The summed E-state index contributed by atoms with van der Waals surface area (Å²) in [6.07, 6.45) is 12.4. The van der Waals surface area contributed by atoms with E-state index in [0.717, 1.165) is 5.57 Å². The molecule has 3 heteroatoms. The van der Waals surface area contributed by atoms with Gasteiger partial charge in [0.1, 0.15) is 0 Å². The lowest BCUT2D eigenvalue weighted by Gasteiger charge is -2.20.